The van der Waals surface area contributed by atoms with Crippen molar-refractivity contribution >= 4 is 11.9 Å². The van der Waals surface area contributed by atoms with Gasteiger partial charge in [-0.1, -0.05) is 18.9 Å². The Bertz CT molecular complexity index is 486. The van der Waals surface area contributed by atoms with Crippen LogP contribution in [0.3, 0.4) is 0 Å². The summed E-state index contributed by atoms with van der Waals surface area (Å²) in [7, 11) is 0. The second kappa shape index (κ2) is 5.84. The minimum absolute atomic E-state index is 0.0804. The number of benzene rings is 1. The van der Waals surface area contributed by atoms with Gasteiger partial charge in [-0.2, -0.15) is 0 Å². The maximum Gasteiger partial charge on any atom is 0.335 e. The molecule has 0 saturated heterocycles. The van der Waals surface area contributed by atoms with Gasteiger partial charge in [0.05, 0.1) is 17.7 Å². The molecule has 0 radical (unpaired) electrons. The molecule has 0 spiro atoms. The zero-order valence-corrected chi connectivity index (χ0v) is 10.5. The van der Waals surface area contributed by atoms with Gasteiger partial charge in [-0.05, 0) is 31.0 Å². The Morgan fingerprint density at radius 3 is 2.53 bits per heavy atom. The fraction of sp³-hybridized carbons (Fsp3) is 0.429. The molecule has 102 valence electrons. The normalized spacial score (nSPS) is 22.8. The first-order valence-electron chi connectivity index (χ1n) is 6.40. The average molecular weight is 263 g/mol. The fourth-order valence-corrected chi connectivity index (χ4v) is 2.32. The van der Waals surface area contributed by atoms with Gasteiger partial charge in [-0.25, -0.2) is 4.79 Å². The third-order valence-electron chi connectivity index (χ3n) is 3.42. The highest BCUT2D eigenvalue weighted by Gasteiger charge is 2.24. The summed E-state index contributed by atoms with van der Waals surface area (Å²) in [6.07, 6.45) is 2.89. The van der Waals surface area contributed by atoms with Crippen molar-refractivity contribution in [2.45, 2.75) is 37.8 Å². The van der Waals surface area contributed by atoms with Gasteiger partial charge in [0, 0.05) is 5.56 Å². The predicted octanol–water partition coefficient (Wildman–Crippen LogP) is 1.42. The molecule has 0 aromatic heterocycles. The number of aliphatic hydroxyl groups is 1. The minimum Gasteiger partial charge on any atom is -0.478 e. The first kappa shape index (κ1) is 13.5. The van der Waals surface area contributed by atoms with Crippen molar-refractivity contribution in [1.82, 2.24) is 5.32 Å². The van der Waals surface area contributed by atoms with Gasteiger partial charge in [0.25, 0.3) is 5.91 Å². The molecule has 0 bridgehead atoms. The number of carboxylic acid groups (broad SMARTS) is 1. The Morgan fingerprint density at radius 1 is 1.16 bits per heavy atom. The molecule has 1 amide bonds. The number of nitrogens with one attached hydrogen (secondary N) is 1. The Hall–Kier alpha value is -1.88. The van der Waals surface area contributed by atoms with Gasteiger partial charge in [-0.3, -0.25) is 4.79 Å². The van der Waals surface area contributed by atoms with Crippen LogP contribution in [0.15, 0.2) is 24.3 Å². The van der Waals surface area contributed by atoms with Crippen LogP contribution in [0.1, 0.15) is 46.4 Å². The monoisotopic (exact) mass is 263 g/mol. The van der Waals surface area contributed by atoms with Crippen molar-refractivity contribution in [3.05, 3.63) is 35.4 Å². The van der Waals surface area contributed by atoms with E-state index in [0.717, 1.165) is 19.3 Å². The maximum absolute atomic E-state index is 12.0. The summed E-state index contributed by atoms with van der Waals surface area (Å²) in [4.78, 5) is 22.9. The molecule has 2 atom stereocenters. The van der Waals surface area contributed by atoms with Gasteiger partial charge < -0.3 is 15.5 Å². The first-order valence-corrected chi connectivity index (χ1v) is 6.40. The Balaban J connectivity index is 2.07. The lowest BCUT2D eigenvalue weighted by Crippen LogP contribution is -2.45. The molecule has 5 nitrogen and oxygen atoms in total. The van der Waals surface area contributed by atoms with E-state index in [0.29, 0.717) is 12.0 Å². The van der Waals surface area contributed by atoms with Crippen LogP contribution in [0, 0.1) is 0 Å². The number of rotatable bonds is 3. The highest BCUT2D eigenvalue weighted by molar-refractivity contribution is 5.97. The largest absolute Gasteiger partial charge is 0.478 e. The van der Waals surface area contributed by atoms with Crippen molar-refractivity contribution in [1.29, 1.82) is 0 Å². The van der Waals surface area contributed by atoms with Crippen LogP contribution in [-0.4, -0.2) is 34.2 Å². The summed E-state index contributed by atoms with van der Waals surface area (Å²) >= 11 is 0. The Kier molecular flexibility index (Phi) is 4.16. The van der Waals surface area contributed by atoms with E-state index >= 15 is 0 Å². The number of hydrogen-bond acceptors (Lipinski definition) is 3. The second-order valence-electron chi connectivity index (χ2n) is 4.82. The van der Waals surface area contributed by atoms with E-state index in [4.69, 9.17) is 5.11 Å². The molecule has 3 N–H and O–H groups in total. The predicted molar refractivity (Wildman–Crippen MR) is 69.1 cm³/mol. The summed E-state index contributed by atoms with van der Waals surface area (Å²) < 4.78 is 0. The van der Waals surface area contributed by atoms with E-state index in [-0.39, 0.29) is 17.5 Å². The quantitative estimate of drug-likeness (QED) is 0.769. The molecular formula is C14H17NO4. The smallest absolute Gasteiger partial charge is 0.335 e. The van der Waals surface area contributed by atoms with Crippen LogP contribution in [0.2, 0.25) is 0 Å². The van der Waals surface area contributed by atoms with Gasteiger partial charge in [-0.15, -0.1) is 0 Å². The molecule has 19 heavy (non-hydrogen) atoms. The van der Waals surface area contributed by atoms with E-state index in [1.54, 1.807) is 6.07 Å². The molecule has 1 aromatic carbocycles. The topological polar surface area (TPSA) is 86.6 Å². The Morgan fingerprint density at radius 2 is 1.84 bits per heavy atom. The number of hydrogen-bond donors (Lipinski definition) is 3. The van der Waals surface area contributed by atoms with Crippen molar-refractivity contribution < 1.29 is 19.8 Å². The molecule has 1 fully saturated rings. The van der Waals surface area contributed by atoms with E-state index in [2.05, 4.69) is 5.32 Å². The summed E-state index contributed by atoms with van der Waals surface area (Å²) in [5, 5.41) is 21.5. The van der Waals surface area contributed by atoms with Gasteiger partial charge in [0.1, 0.15) is 0 Å². The lowest BCUT2D eigenvalue weighted by Gasteiger charge is -2.28. The van der Waals surface area contributed by atoms with Crippen LogP contribution in [0.25, 0.3) is 0 Å². The highest BCUT2D eigenvalue weighted by Crippen LogP contribution is 2.18. The molecular weight excluding hydrogens is 246 g/mol. The number of carboxylic acids is 1. The van der Waals surface area contributed by atoms with Crippen LogP contribution < -0.4 is 5.32 Å². The molecule has 1 aliphatic carbocycles. The molecule has 2 unspecified atom stereocenters. The average Bonchev–Trinajstić information content (AvgIpc) is 2.41. The SMILES string of the molecule is O=C(O)c1cccc(C(=O)NC2CCCCC2O)c1. The second-order valence-corrected chi connectivity index (χ2v) is 4.82. The molecule has 1 aromatic rings. The fourth-order valence-electron chi connectivity index (χ4n) is 2.32. The maximum atomic E-state index is 12.0. The van der Waals surface area contributed by atoms with Crippen molar-refractivity contribution in [2.75, 3.05) is 0 Å². The van der Waals surface area contributed by atoms with E-state index < -0.39 is 12.1 Å². The number of carbonyl (C=O) groups excluding carboxylic acids is 1. The molecule has 5 heteroatoms. The van der Waals surface area contributed by atoms with Gasteiger partial charge in [0.2, 0.25) is 0 Å². The third kappa shape index (κ3) is 3.32. The molecule has 2 rings (SSSR count). The summed E-state index contributed by atoms with van der Waals surface area (Å²) in [5.41, 5.74) is 0.384. The number of aliphatic hydroxyl groups excluding tert-OH is 1. The minimum atomic E-state index is -1.06. The third-order valence-corrected chi connectivity index (χ3v) is 3.42. The lowest BCUT2D eigenvalue weighted by atomic mass is 9.92. The number of carbonyl (C=O) groups is 2. The Labute approximate surface area is 111 Å². The van der Waals surface area contributed by atoms with Gasteiger partial charge >= 0.3 is 5.97 Å². The summed E-state index contributed by atoms with van der Waals surface area (Å²) in [5.74, 6) is -1.40. The first-order chi connectivity index (χ1) is 9.08. The van der Waals surface area contributed by atoms with Crippen molar-refractivity contribution in [3.8, 4) is 0 Å². The van der Waals surface area contributed by atoms with Crippen LogP contribution >= 0.6 is 0 Å². The highest BCUT2D eigenvalue weighted by atomic mass is 16.4. The molecule has 1 aliphatic rings. The van der Waals surface area contributed by atoms with E-state index in [1.165, 1.54) is 18.2 Å². The number of aromatic carboxylic acids is 1. The zero-order valence-electron chi connectivity index (χ0n) is 10.5. The van der Waals surface area contributed by atoms with Crippen LogP contribution in [0.4, 0.5) is 0 Å². The van der Waals surface area contributed by atoms with E-state index in [9.17, 15) is 14.7 Å². The standard InChI is InChI=1S/C14H17NO4/c16-12-7-2-1-6-11(12)15-13(17)9-4-3-5-10(8-9)14(18)19/h3-5,8,11-12,16H,1-2,6-7H2,(H,15,17)(H,18,19). The summed E-state index contributed by atoms with van der Waals surface area (Å²) in [6.45, 7) is 0. The molecule has 1 saturated carbocycles. The van der Waals surface area contributed by atoms with Crippen LogP contribution in [-0.2, 0) is 0 Å². The lowest BCUT2D eigenvalue weighted by molar-refractivity contribution is 0.0696. The van der Waals surface area contributed by atoms with Crippen LogP contribution in [0.5, 0.6) is 0 Å². The zero-order chi connectivity index (χ0) is 13.8. The van der Waals surface area contributed by atoms with Crippen molar-refractivity contribution in [3.63, 3.8) is 0 Å². The van der Waals surface area contributed by atoms with Gasteiger partial charge in [0.15, 0.2) is 0 Å². The van der Waals surface area contributed by atoms with E-state index in [1.807, 2.05) is 0 Å². The summed E-state index contributed by atoms with van der Waals surface area (Å²) in [6, 6.07) is 5.64. The molecule has 0 aliphatic heterocycles. The molecule has 0 heterocycles. The number of amides is 1. The van der Waals surface area contributed by atoms with Crippen molar-refractivity contribution in [2.24, 2.45) is 0 Å².